The highest BCUT2D eigenvalue weighted by Gasteiger charge is 2.00. The Kier molecular flexibility index (Phi) is 5.27. The Balaban J connectivity index is 1.91. The SMILES string of the molecule is COCCc1ccc(OCc2ccc(Cl)c(N)c2)cc1. The van der Waals surface area contributed by atoms with Crippen molar-refractivity contribution < 1.29 is 9.47 Å². The molecule has 2 aromatic carbocycles. The fraction of sp³-hybridized carbons (Fsp3) is 0.250. The molecule has 0 unspecified atom stereocenters. The van der Waals surface area contributed by atoms with Gasteiger partial charge in [0, 0.05) is 7.11 Å². The first-order valence-corrected chi connectivity index (χ1v) is 6.81. The van der Waals surface area contributed by atoms with Gasteiger partial charge in [-0.3, -0.25) is 0 Å². The van der Waals surface area contributed by atoms with Crippen molar-refractivity contribution in [3.8, 4) is 5.75 Å². The highest BCUT2D eigenvalue weighted by atomic mass is 35.5. The van der Waals surface area contributed by atoms with E-state index in [9.17, 15) is 0 Å². The lowest BCUT2D eigenvalue weighted by atomic mass is 10.1. The minimum atomic E-state index is 0.471. The maximum atomic E-state index is 5.88. The van der Waals surface area contributed by atoms with Crippen LogP contribution in [0.4, 0.5) is 5.69 Å². The van der Waals surface area contributed by atoms with Gasteiger partial charge < -0.3 is 15.2 Å². The molecule has 0 saturated heterocycles. The third-order valence-corrected chi connectivity index (χ3v) is 3.33. The first-order valence-electron chi connectivity index (χ1n) is 6.43. The Labute approximate surface area is 124 Å². The smallest absolute Gasteiger partial charge is 0.119 e. The Hall–Kier alpha value is -1.71. The van der Waals surface area contributed by atoms with Crippen LogP contribution in [0, 0.1) is 0 Å². The average molecular weight is 292 g/mol. The molecule has 0 radical (unpaired) electrons. The number of hydrogen-bond acceptors (Lipinski definition) is 3. The van der Waals surface area contributed by atoms with Gasteiger partial charge in [-0.05, 0) is 41.8 Å². The third-order valence-electron chi connectivity index (χ3n) is 2.98. The monoisotopic (exact) mass is 291 g/mol. The molecular formula is C16H18ClNO2. The summed E-state index contributed by atoms with van der Waals surface area (Å²) < 4.78 is 10.8. The molecule has 0 atom stereocenters. The van der Waals surface area contributed by atoms with E-state index in [0.29, 0.717) is 17.3 Å². The molecular weight excluding hydrogens is 274 g/mol. The summed E-state index contributed by atoms with van der Waals surface area (Å²) in [6.07, 6.45) is 0.907. The zero-order valence-electron chi connectivity index (χ0n) is 11.4. The molecule has 0 aromatic heterocycles. The van der Waals surface area contributed by atoms with Crippen molar-refractivity contribution >= 4 is 17.3 Å². The summed E-state index contributed by atoms with van der Waals surface area (Å²) in [5.74, 6) is 0.833. The summed E-state index contributed by atoms with van der Waals surface area (Å²) in [5, 5.41) is 0.566. The normalized spacial score (nSPS) is 10.5. The molecule has 2 N–H and O–H groups in total. The molecule has 0 saturated carbocycles. The number of nitrogens with two attached hydrogens (primary N) is 1. The van der Waals surface area contributed by atoms with Crippen LogP contribution in [0.1, 0.15) is 11.1 Å². The lowest BCUT2D eigenvalue weighted by Gasteiger charge is -2.08. The topological polar surface area (TPSA) is 44.5 Å². The lowest BCUT2D eigenvalue weighted by molar-refractivity contribution is 0.202. The van der Waals surface area contributed by atoms with Crippen LogP contribution in [-0.2, 0) is 17.8 Å². The minimum Gasteiger partial charge on any atom is -0.489 e. The summed E-state index contributed by atoms with van der Waals surface area (Å²) in [7, 11) is 1.70. The van der Waals surface area contributed by atoms with Gasteiger partial charge in [-0.15, -0.1) is 0 Å². The number of rotatable bonds is 6. The van der Waals surface area contributed by atoms with Gasteiger partial charge in [-0.2, -0.15) is 0 Å². The summed E-state index contributed by atoms with van der Waals surface area (Å²) >= 11 is 5.88. The molecule has 0 amide bonds. The molecule has 0 fully saturated rings. The van der Waals surface area contributed by atoms with Crippen molar-refractivity contribution in [3.05, 3.63) is 58.6 Å². The van der Waals surface area contributed by atoms with E-state index in [0.717, 1.165) is 24.3 Å². The predicted molar refractivity (Wildman–Crippen MR) is 82.2 cm³/mol. The fourth-order valence-corrected chi connectivity index (χ4v) is 1.94. The van der Waals surface area contributed by atoms with Crippen molar-refractivity contribution in [2.24, 2.45) is 0 Å². The Morgan fingerprint density at radius 1 is 1.05 bits per heavy atom. The number of hydrogen-bond donors (Lipinski definition) is 1. The molecule has 3 nitrogen and oxygen atoms in total. The number of nitrogen functional groups attached to an aromatic ring is 1. The van der Waals surface area contributed by atoms with Gasteiger partial charge in [0.25, 0.3) is 0 Å². The first kappa shape index (κ1) is 14.7. The molecule has 0 aliphatic heterocycles. The lowest BCUT2D eigenvalue weighted by Crippen LogP contribution is -1.98. The summed E-state index contributed by atoms with van der Waals surface area (Å²) in [4.78, 5) is 0. The van der Waals surface area contributed by atoms with E-state index in [2.05, 4.69) is 0 Å². The third kappa shape index (κ3) is 4.15. The van der Waals surface area contributed by atoms with Crippen LogP contribution in [0.3, 0.4) is 0 Å². The van der Waals surface area contributed by atoms with E-state index in [1.807, 2.05) is 36.4 Å². The van der Waals surface area contributed by atoms with Crippen LogP contribution in [0.15, 0.2) is 42.5 Å². The van der Waals surface area contributed by atoms with E-state index in [1.165, 1.54) is 5.56 Å². The van der Waals surface area contributed by atoms with Crippen LogP contribution < -0.4 is 10.5 Å². The molecule has 0 heterocycles. The second kappa shape index (κ2) is 7.17. The first-order chi connectivity index (χ1) is 9.69. The molecule has 4 heteroatoms. The number of methoxy groups -OCH3 is 1. The van der Waals surface area contributed by atoms with Crippen molar-refractivity contribution in [3.63, 3.8) is 0 Å². The van der Waals surface area contributed by atoms with Gasteiger partial charge in [0.05, 0.1) is 17.3 Å². The molecule has 0 aliphatic rings. The van der Waals surface area contributed by atoms with Crippen LogP contribution in [0.2, 0.25) is 5.02 Å². The molecule has 2 aromatic rings. The Bertz CT molecular complexity index is 555. The average Bonchev–Trinajstić information content (AvgIpc) is 2.47. The molecule has 106 valence electrons. The maximum absolute atomic E-state index is 5.88. The van der Waals surface area contributed by atoms with E-state index < -0.39 is 0 Å². The molecule has 0 aliphatic carbocycles. The van der Waals surface area contributed by atoms with Crippen molar-refractivity contribution in [1.29, 1.82) is 0 Å². The quantitative estimate of drug-likeness (QED) is 0.826. The van der Waals surface area contributed by atoms with Crippen molar-refractivity contribution in [2.45, 2.75) is 13.0 Å². The second-order valence-electron chi connectivity index (χ2n) is 4.53. The van der Waals surface area contributed by atoms with Crippen LogP contribution >= 0.6 is 11.6 Å². The molecule has 0 spiro atoms. The van der Waals surface area contributed by atoms with Gasteiger partial charge in [0.15, 0.2) is 0 Å². The van der Waals surface area contributed by atoms with E-state index >= 15 is 0 Å². The standard InChI is InChI=1S/C16H18ClNO2/c1-19-9-8-12-2-5-14(6-3-12)20-11-13-4-7-15(17)16(18)10-13/h2-7,10H,8-9,11,18H2,1H3. The number of ether oxygens (including phenoxy) is 2. The fourth-order valence-electron chi connectivity index (χ4n) is 1.82. The molecule has 0 bridgehead atoms. The highest BCUT2D eigenvalue weighted by molar-refractivity contribution is 6.33. The Morgan fingerprint density at radius 3 is 2.40 bits per heavy atom. The van der Waals surface area contributed by atoms with Gasteiger partial charge >= 0.3 is 0 Å². The van der Waals surface area contributed by atoms with Crippen LogP contribution in [0.5, 0.6) is 5.75 Å². The van der Waals surface area contributed by atoms with Crippen molar-refractivity contribution in [2.75, 3.05) is 19.5 Å². The van der Waals surface area contributed by atoms with E-state index in [1.54, 1.807) is 13.2 Å². The zero-order valence-corrected chi connectivity index (χ0v) is 12.2. The zero-order chi connectivity index (χ0) is 14.4. The van der Waals surface area contributed by atoms with Gasteiger partial charge in [0.1, 0.15) is 12.4 Å². The second-order valence-corrected chi connectivity index (χ2v) is 4.94. The summed E-state index contributed by atoms with van der Waals surface area (Å²) in [5.41, 5.74) is 8.56. The largest absolute Gasteiger partial charge is 0.489 e. The summed E-state index contributed by atoms with van der Waals surface area (Å²) in [6.45, 7) is 1.20. The maximum Gasteiger partial charge on any atom is 0.119 e. The number of halogens is 1. The van der Waals surface area contributed by atoms with Gasteiger partial charge in [-0.1, -0.05) is 29.8 Å². The van der Waals surface area contributed by atoms with E-state index in [4.69, 9.17) is 26.8 Å². The van der Waals surface area contributed by atoms with Crippen LogP contribution in [-0.4, -0.2) is 13.7 Å². The predicted octanol–water partition coefficient (Wildman–Crippen LogP) is 3.69. The summed E-state index contributed by atoms with van der Waals surface area (Å²) in [6, 6.07) is 13.5. The van der Waals surface area contributed by atoms with Crippen LogP contribution in [0.25, 0.3) is 0 Å². The number of benzene rings is 2. The van der Waals surface area contributed by atoms with E-state index in [-0.39, 0.29) is 0 Å². The number of anilines is 1. The highest BCUT2D eigenvalue weighted by Crippen LogP contribution is 2.21. The minimum absolute atomic E-state index is 0.471. The molecule has 2 rings (SSSR count). The Morgan fingerprint density at radius 2 is 1.75 bits per heavy atom. The van der Waals surface area contributed by atoms with Gasteiger partial charge in [0.2, 0.25) is 0 Å². The van der Waals surface area contributed by atoms with Gasteiger partial charge in [-0.25, -0.2) is 0 Å². The van der Waals surface area contributed by atoms with Crippen molar-refractivity contribution in [1.82, 2.24) is 0 Å². The molecule has 20 heavy (non-hydrogen) atoms.